The largest absolute Gasteiger partial charge is 0.350 e. The van der Waals surface area contributed by atoms with Crippen molar-refractivity contribution in [2.45, 2.75) is 33.2 Å². The predicted molar refractivity (Wildman–Crippen MR) is 84.0 cm³/mol. The molecule has 0 bridgehead atoms. The van der Waals surface area contributed by atoms with Crippen LogP contribution in [0.25, 0.3) is 5.65 Å². The molecule has 8 nitrogen and oxygen atoms in total. The molecule has 3 N–H and O–H groups in total. The van der Waals surface area contributed by atoms with Crippen LogP contribution >= 0.6 is 0 Å². The van der Waals surface area contributed by atoms with E-state index in [9.17, 15) is 9.59 Å². The van der Waals surface area contributed by atoms with Crippen molar-refractivity contribution in [3.8, 4) is 0 Å². The number of rotatable bonds is 5. The van der Waals surface area contributed by atoms with Crippen LogP contribution in [0.1, 0.15) is 29.3 Å². The summed E-state index contributed by atoms with van der Waals surface area (Å²) in [5.74, 6) is 0.702. The number of carbonyl (C=O) groups excluding carboxylic acids is 1. The number of hydrogen-bond acceptors (Lipinski definition) is 4. The van der Waals surface area contributed by atoms with Crippen LogP contribution in [-0.4, -0.2) is 30.5 Å². The Labute approximate surface area is 132 Å². The number of aromatic nitrogens is 5. The lowest BCUT2D eigenvalue weighted by atomic mass is 10.3. The second kappa shape index (κ2) is 6.07. The number of fused-ring (bicyclic) bond motifs is 1. The number of amides is 1. The summed E-state index contributed by atoms with van der Waals surface area (Å²) in [6.07, 6.45) is 2.52. The van der Waals surface area contributed by atoms with Crippen molar-refractivity contribution >= 4 is 11.6 Å². The standard InChI is InChI=1S/C15H18N6O2/c1-9-10(2)19-12(18-9)3-4-14(22)16-8-11-7-15(23)21-13(20-11)5-6-17-21/h5-7,17H,3-4,8H2,1-2H3,(H,16,22)(H,18,19). The van der Waals surface area contributed by atoms with E-state index in [1.165, 1.54) is 10.6 Å². The molecule has 0 aliphatic carbocycles. The smallest absolute Gasteiger partial charge is 0.272 e. The number of carbonyl (C=O) groups is 1. The molecule has 1 amide bonds. The Kier molecular flexibility index (Phi) is 3.96. The van der Waals surface area contributed by atoms with Gasteiger partial charge in [0.15, 0.2) is 5.65 Å². The molecular weight excluding hydrogens is 296 g/mol. The highest BCUT2D eigenvalue weighted by molar-refractivity contribution is 5.76. The third kappa shape index (κ3) is 3.31. The van der Waals surface area contributed by atoms with Crippen LogP contribution in [0.4, 0.5) is 0 Å². The van der Waals surface area contributed by atoms with Gasteiger partial charge < -0.3 is 10.3 Å². The van der Waals surface area contributed by atoms with Crippen LogP contribution < -0.4 is 10.9 Å². The number of imidazole rings is 1. The van der Waals surface area contributed by atoms with Crippen molar-refractivity contribution in [3.63, 3.8) is 0 Å². The minimum Gasteiger partial charge on any atom is -0.350 e. The highest BCUT2D eigenvalue weighted by Gasteiger charge is 2.08. The molecule has 0 spiro atoms. The Morgan fingerprint density at radius 3 is 2.91 bits per heavy atom. The second-order valence-electron chi connectivity index (χ2n) is 5.41. The Morgan fingerprint density at radius 1 is 1.35 bits per heavy atom. The zero-order valence-corrected chi connectivity index (χ0v) is 13.0. The topological polar surface area (TPSA) is 108 Å². The Morgan fingerprint density at radius 2 is 2.17 bits per heavy atom. The average molecular weight is 314 g/mol. The number of nitrogens with zero attached hydrogens (tertiary/aromatic N) is 3. The Bertz CT molecular complexity index is 885. The molecule has 0 saturated heterocycles. The van der Waals surface area contributed by atoms with Crippen LogP contribution in [0.2, 0.25) is 0 Å². The molecule has 0 atom stereocenters. The second-order valence-corrected chi connectivity index (χ2v) is 5.41. The van der Waals surface area contributed by atoms with Crippen LogP contribution in [-0.2, 0) is 17.8 Å². The monoisotopic (exact) mass is 314 g/mol. The summed E-state index contributed by atoms with van der Waals surface area (Å²) in [7, 11) is 0. The van der Waals surface area contributed by atoms with Gasteiger partial charge >= 0.3 is 0 Å². The van der Waals surface area contributed by atoms with Gasteiger partial charge in [-0.15, -0.1) is 0 Å². The van der Waals surface area contributed by atoms with Crippen molar-refractivity contribution in [2.24, 2.45) is 0 Å². The average Bonchev–Trinajstić information content (AvgIpc) is 3.10. The van der Waals surface area contributed by atoms with Crippen LogP contribution in [0, 0.1) is 13.8 Å². The zero-order chi connectivity index (χ0) is 16.4. The zero-order valence-electron chi connectivity index (χ0n) is 13.0. The molecular formula is C15H18N6O2. The van der Waals surface area contributed by atoms with Gasteiger partial charge in [-0.3, -0.25) is 14.7 Å². The molecule has 3 aromatic rings. The first kappa shape index (κ1) is 15.0. The van der Waals surface area contributed by atoms with E-state index in [0.29, 0.717) is 24.2 Å². The molecule has 0 radical (unpaired) electrons. The van der Waals surface area contributed by atoms with Crippen molar-refractivity contribution in [2.75, 3.05) is 0 Å². The molecule has 0 saturated carbocycles. The van der Waals surface area contributed by atoms with E-state index < -0.39 is 0 Å². The van der Waals surface area contributed by atoms with Crippen LogP contribution in [0.15, 0.2) is 23.1 Å². The summed E-state index contributed by atoms with van der Waals surface area (Å²) >= 11 is 0. The predicted octanol–water partition coefficient (Wildman–Crippen LogP) is 0.612. The van der Waals surface area contributed by atoms with E-state index in [1.807, 2.05) is 13.8 Å². The quantitative estimate of drug-likeness (QED) is 0.641. The lowest BCUT2D eigenvalue weighted by Crippen LogP contribution is -2.25. The first-order chi connectivity index (χ1) is 11.0. The lowest BCUT2D eigenvalue weighted by Gasteiger charge is -2.04. The fourth-order valence-electron chi connectivity index (χ4n) is 2.32. The summed E-state index contributed by atoms with van der Waals surface area (Å²) in [5.41, 5.74) is 2.83. The van der Waals surface area contributed by atoms with Gasteiger partial charge in [0.25, 0.3) is 5.56 Å². The summed E-state index contributed by atoms with van der Waals surface area (Å²) in [6.45, 7) is 4.11. The van der Waals surface area contributed by atoms with E-state index in [2.05, 4.69) is 25.4 Å². The van der Waals surface area contributed by atoms with Crippen molar-refractivity contribution in [3.05, 3.63) is 51.6 Å². The molecule has 120 valence electrons. The molecule has 0 unspecified atom stereocenters. The lowest BCUT2D eigenvalue weighted by molar-refractivity contribution is -0.121. The van der Waals surface area contributed by atoms with Gasteiger partial charge in [0.1, 0.15) is 5.82 Å². The van der Waals surface area contributed by atoms with Gasteiger partial charge in [-0.05, 0) is 13.8 Å². The molecule has 23 heavy (non-hydrogen) atoms. The molecule has 3 aromatic heterocycles. The van der Waals surface area contributed by atoms with Gasteiger partial charge in [-0.25, -0.2) is 14.5 Å². The summed E-state index contributed by atoms with van der Waals surface area (Å²) < 4.78 is 1.34. The summed E-state index contributed by atoms with van der Waals surface area (Å²) in [5, 5.41) is 5.54. The van der Waals surface area contributed by atoms with Gasteiger partial charge in [0.2, 0.25) is 5.91 Å². The summed E-state index contributed by atoms with van der Waals surface area (Å²) in [4.78, 5) is 35.5. The van der Waals surface area contributed by atoms with Gasteiger partial charge in [0, 0.05) is 36.9 Å². The Balaban J connectivity index is 1.56. The Hall–Kier alpha value is -2.90. The molecule has 0 aromatic carbocycles. The number of hydrogen-bond donors (Lipinski definition) is 3. The maximum atomic E-state index is 11.9. The van der Waals surface area contributed by atoms with Crippen LogP contribution in [0.5, 0.6) is 0 Å². The van der Waals surface area contributed by atoms with E-state index in [0.717, 1.165) is 17.2 Å². The highest BCUT2D eigenvalue weighted by Crippen LogP contribution is 2.05. The minimum absolute atomic E-state index is 0.104. The van der Waals surface area contributed by atoms with Gasteiger partial charge in [-0.1, -0.05) is 0 Å². The molecule has 3 rings (SSSR count). The normalized spacial score (nSPS) is 11.0. The molecule has 0 aliphatic heterocycles. The highest BCUT2D eigenvalue weighted by atomic mass is 16.1. The molecule has 0 aliphatic rings. The first-order valence-electron chi connectivity index (χ1n) is 7.38. The molecule has 0 fully saturated rings. The third-order valence-electron chi connectivity index (χ3n) is 3.67. The first-order valence-corrected chi connectivity index (χ1v) is 7.38. The number of aryl methyl sites for hydroxylation is 3. The van der Waals surface area contributed by atoms with Crippen molar-refractivity contribution in [1.29, 1.82) is 0 Å². The number of nitrogens with one attached hydrogen (secondary N) is 3. The minimum atomic E-state index is -0.203. The fraction of sp³-hybridized carbons (Fsp3) is 0.333. The van der Waals surface area contributed by atoms with E-state index in [1.54, 1.807) is 12.3 Å². The SMILES string of the molecule is Cc1nc(CCC(=O)NCc2cc(=O)n3[nH]ccc3n2)[nH]c1C. The van der Waals surface area contributed by atoms with Crippen molar-refractivity contribution < 1.29 is 4.79 Å². The van der Waals surface area contributed by atoms with Gasteiger partial charge in [0.05, 0.1) is 17.9 Å². The van der Waals surface area contributed by atoms with E-state index in [-0.39, 0.29) is 18.0 Å². The number of H-pyrrole nitrogens is 2. The maximum Gasteiger partial charge on any atom is 0.272 e. The maximum absolute atomic E-state index is 11.9. The molecule has 3 heterocycles. The molecule has 8 heteroatoms. The van der Waals surface area contributed by atoms with Gasteiger partial charge in [-0.2, -0.15) is 0 Å². The summed E-state index contributed by atoms with van der Waals surface area (Å²) in [6, 6.07) is 3.11. The van der Waals surface area contributed by atoms with Crippen molar-refractivity contribution in [1.82, 2.24) is 29.9 Å². The fourth-order valence-corrected chi connectivity index (χ4v) is 2.32. The van der Waals surface area contributed by atoms with E-state index >= 15 is 0 Å². The van der Waals surface area contributed by atoms with Crippen LogP contribution in [0.3, 0.4) is 0 Å². The number of aromatic amines is 2. The van der Waals surface area contributed by atoms with E-state index in [4.69, 9.17) is 0 Å². The third-order valence-corrected chi connectivity index (χ3v) is 3.67.